The van der Waals surface area contributed by atoms with Crippen molar-refractivity contribution in [3.8, 4) is 0 Å². The third-order valence-corrected chi connectivity index (χ3v) is 2.90. The van der Waals surface area contributed by atoms with Gasteiger partial charge in [0, 0.05) is 18.8 Å². The fourth-order valence-electron chi connectivity index (χ4n) is 1.69. The minimum atomic E-state index is -5.05. The second-order valence-electron chi connectivity index (χ2n) is 5.31. The van der Waals surface area contributed by atoms with Crippen molar-refractivity contribution in [1.82, 2.24) is 10.2 Å². The normalized spacial score (nSPS) is 12.2. The maximum atomic E-state index is 12.7. The van der Waals surface area contributed by atoms with Gasteiger partial charge in [0.1, 0.15) is 0 Å². The lowest BCUT2D eigenvalue weighted by atomic mass is 10.1. The molecule has 0 bridgehead atoms. The Bertz CT molecular complexity index is 608. The summed E-state index contributed by atoms with van der Waals surface area (Å²) in [4.78, 5) is 24.8. The number of amides is 2. The number of alkyl halides is 6. The lowest BCUT2D eigenvalue weighted by molar-refractivity contribution is -0.143. The van der Waals surface area contributed by atoms with Crippen LogP contribution in [-0.2, 0) is 21.9 Å². The Labute approximate surface area is 139 Å². The van der Waals surface area contributed by atoms with Gasteiger partial charge in [-0.2, -0.15) is 26.3 Å². The third-order valence-electron chi connectivity index (χ3n) is 2.90. The highest BCUT2D eigenvalue weighted by molar-refractivity contribution is 6.39. The van der Waals surface area contributed by atoms with Crippen molar-refractivity contribution < 1.29 is 35.9 Å². The van der Waals surface area contributed by atoms with Crippen LogP contribution < -0.4 is 10.6 Å². The van der Waals surface area contributed by atoms with Gasteiger partial charge in [0.15, 0.2) is 0 Å². The molecule has 1 aromatic rings. The molecule has 25 heavy (non-hydrogen) atoms. The zero-order valence-electron chi connectivity index (χ0n) is 13.2. The first kappa shape index (κ1) is 20.7. The van der Waals surface area contributed by atoms with E-state index in [1.165, 1.54) is 0 Å². The number of nitrogens with one attached hydrogen (secondary N) is 2. The number of hydrogen-bond acceptors (Lipinski definition) is 3. The van der Waals surface area contributed by atoms with E-state index in [2.05, 4.69) is 5.32 Å². The first-order valence-corrected chi connectivity index (χ1v) is 6.84. The van der Waals surface area contributed by atoms with Crippen LogP contribution in [0.5, 0.6) is 0 Å². The van der Waals surface area contributed by atoms with E-state index in [1.807, 2.05) is 0 Å². The van der Waals surface area contributed by atoms with E-state index in [1.54, 1.807) is 24.3 Å². The molecule has 2 N–H and O–H groups in total. The number of nitrogens with zero attached hydrogens (tertiary/aromatic N) is 1. The van der Waals surface area contributed by atoms with Gasteiger partial charge >= 0.3 is 24.2 Å². The van der Waals surface area contributed by atoms with Gasteiger partial charge in [0.05, 0.1) is 11.1 Å². The molecule has 0 heterocycles. The van der Waals surface area contributed by atoms with Crippen LogP contribution in [0.4, 0.5) is 32.0 Å². The van der Waals surface area contributed by atoms with Crippen LogP contribution in [0.1, 0.15) is 11.1 Å². The molecule has 0 fully saturated rings. The molecule has 0 radical (unpaired) electrons. The highest BCUT2D eigenvalue weighted by atomic mass is 19.4. The molecule has 5 nitrogen and oxygen atoms in total. The minimum Gasteiger partial charge on any atom is -0.347 e. The predicted octanol–water partition coefficient (Wildman–Crippen LogP) is 2.34. The smallest absolute Gasteiger partial charge is 0.347 e. The Hall–Kier alpha value is -2.30. The maximum absolute atomic E-state index is 12.7. The summed E-state index contributed by atoms with van der Waals surface area (Å²) in [5.74, 6) is -2.54. The summed E-state index contributed by atoms with van der Waals surface area (Å²) in [5, 5.41) is 3.93. The summed E-state index contributed by atoms with van der Waals surface area (Å²) >= 11 is 0. The van der Waals surface area contributed by atoms with E-state index in [0.717, 1.165) is 0 Å². The highest BCUT2D eigenvalue weighted by Gasteiger charge is 2.37. The second-order valence-corrected chi connectivity index (χ2v) is 5.31. The Morgan fingerprint density at radius 1 is 0.920 bits per heavy atom. The zero-order valence-corrected chi connectivity index (χ0v) is 13.2. The molecule has 2 amide bonds. The summed E-state index contributed by atoms with van der Waals surface area (Å²) < 4.78 is 76.3. The molecule has 0 aliphatic carbocycles. The van der Waals surface area contributed by atoms with E-state index in [-0.39, 0.29) is 12.6 Å². The molecule has 1 rings (SSSR count). The quantitative estimate of drug-likeness (QED) is 0.631. The number of carbonyl (C=O) groups is 2. The van der Waals surface area contributed by atoms with Gasteiger partial charge in [-0.3, -0.25) is 9.59 Å². The van der Waals surface area contributed by atoms with Crippen molar-refractivity contribution in [2.75, 3.05) is 32.5 Å². The maximum Gasteiger partial charge on any atom is 0.416 e. The van der Waals surface area contributed by atoms with Crippen LogP contribution >= 0.6 is 0 Å². The SMILES string of the molecule is CN(C)CCNC(=O)C(=O)Nc1cc(C(F)(F)F)cc(C(F)(F)F)c1. The second kappa shape index (κ2) is 7.72. The molecule has 0 aliphatic heterocycles. The fourth-order valence-corrected chi connectivity index (χ4v) is 1.69. The van der Waals surface area contributed by atoms with E-state index >= 15 is 0 Å². The van der Waals surface area contributed by atoms with Gasteiger partial charge in [-0.25, -0.2) is 0 Å². The van der Waals surface area contributed by atoms with Gasteiger partial charge in [0.2, 0.25) is 0 Å². The molecule has 0 aliphatic rings. The van der Waals surface area contributed by atoms with Crippen LogP contribution in [0, 0.1) is 0 Å². The van der Waals surface area contributed by atoms with Crippen molar-refractivity contribution in [3.05, 3.63) is 29.3 Å². The van der Waals surface area contributed by atoms with E-state index in [0.29, 0.717) is 18.7 Å². The van der Waals surface area contributed by atoms with E-state index in [9.17, 15) is 35.9 Å². The molecule has 0 saturated carbocycles. The van der Waals surface area contributed by atoms with Crippen LogP contribution in [0.2, 0.25) is 0 Å². The monoisotopic (exact) mass is 371 g/mol. The Morgan fingerprint density at radius 3 is 1.80 bits per heavy atom. The van der Waals surface area contributed by atoms with E-state index in [4.69, 9.17) is 0 Å². The number of carbonyl (C=O) groups excluding carboxylic acids is 2. The summed E-state index contributed by atoms with van der Waals surface area (Å²) in [6, 6.07) is 0.563. The topological polar surface area (TPSA) is 61.4 Å². The summed E-state index contributed by atoms with van der Waals surface area (Å²) in [5.41, 5.74) is -3.97. The number of rotatable bonds is 4. The zero-order chi connectivity index (χ0) is 19.4. The first-order chi connectivity index (χ1) is 11.3. The lowest BCUT2D eigenvalue weighted by Crippen LogP contribution is -2.38. The van der Waals surface area contributed by atoms with Crippen LogP contribution in [0.15, 0.2) is 18.2 Å². The predicted molar refractivity (Wildman–Crippen MR) is 76.6 cm³/mol. The highest BCUT2D eigenvalue weighted by Crippen LogP contribution is 2.37. The molecule has 0 saturated heterocycles. The Morgan fingerprint density at radius 2 is 1.40 bits per heavy atom. The molecule has 11 heteroatoms. The Balaban J connectivity index is 2.97. The average Bonchev–Trinajstić information content (AvgIpc) is 2.44. The van der Waals surface area contributed by atoms with E-state index < -0.39 is 41.0 Å². The molecule has 0 unspecified atom stereocenters. The van der Waals surface area contributed by atoms with Crippen LogP contribution in [0.25, 0.3) is 0 Å². The van der Waals surface area contributed by atoms with Crippen molar-refractivity contribution in [2.45, 2.75) is 12.4 Å². The minimum absolute atomic E-state index is 0.0766. The molecule has 0 aromatic heterocycles. The van der Waals surface area contributed by atoms with Crippen LogP contribution in [0.3, 0.4) is 0 Å². The van der Waals surface area contributed by atoms with Gasteiger partial charge in [0.25, 0.3) is 0 Å². The summed E-state index contributed by atoms with van der Waals surface area (Å²) in [7, 11) is 3.40. The standard InChI is InChI=1S/C14H15F6N3O2/c1-23(2)4-3-21-11(24)12(25)22-10-6-8(13(15,16)17)5-9(7-10)14(18,19)20/h5-7H,3-4H2,1-2H3,(H,21,24)(H,22,25). The number of benzene rings is 1. The van der Waals surface area contributed by atoms with Gasteiger partial charge in [-0.1, -0.05) is 0 Å². The number of halogens is 6. The molecular formula is C14H15F6N3O2. The third kappa shape index (κ3) is 6.61. The molecule has 0 atom stereocenters. The number of likely N-dealkylation sites (N-methyl/N-ethyl adjacent to an activating group) is 1. The van der Waals surface area contributed by atoms with Gasteiger partial charge < -0.3 is 15.5 Å². The summed E-state index contributed by atoms with van der Waals surface area (Å²) in [6.45, 7) is 0.469. The van der Waals surface area contributed by atoms with Crippen molar-refractivity contribution in [3.63, 3.8) is 0 Å². The van der Waals surface area contributed by atoms with Gasteiger partial charge in [-0.15, -0.1) is 0 Å². The van der Waals surface area contributed by atoms with Gasteiger partial charge in [-0.05, 0) is 32.3 Å². The average molecular weight is 371 g/mol. The lowest BCUT2D eigenvalue weighted by Gasteiger charge is -2.15. The molecular weight excluding hydrogens is 356 g/mol. The van der Waals surface area contributed by atoms with Crippen molar-refractivity contribution in [2.24, 2.45) is 0 Å². The fraction of sp³-hybridized carbons (Fsp3) is 0.429. The molecule has 1 aromatic carbocycles. The van der Waals surface area contributed by atoms with Crippen LogP contribution in [-0.4, -0.2) is 43.9 Å². The molecule has 140 valence electrons. The number of anilines is 1. The van der Waals surface area contributed by atoms with Crippen molar-refractivity contribution in [1.29, 1.82) is 0 Å². The van der Waals surface area contributed by atoms with Crippen molar-refractivity contribution >= 4 is 17.5 Å². The Kier molecular flexibility index (Phi) is 6.41. The first-order valence-electron chi connectivity index (χ1n) is 6.84. The summed E-state index contributed by atoms with van der Waals surface area (Å²) in [6.07, 6.45) is -10.1. The number of hydrogen-bond donors (Lipinski definition) is 2. The molecule has 0 spiro atoms. The largest absolute Gasteiger partial charge is 0.416 e.